The third-order valence-corrected chi connectivity index (χ3v) is 3.94. The van der Waals surface area contributed by atoms with Gasteiger partial charge in [0, 0.05) is 27.0 Å². The van der Waals surface area contributed by atoms with Crippen LogP contribution in [0.4, 0.5) is 4.39 Å². The first kappa shape index (κ1) is 19.1. The molecule has 0 atom stereocenters. The zero-order valence-corrected chi connectivity index (χ0v) is 14.2. The van der Waals surface area contributed by atoms with E-state index in [-0.39, 0.29) is 5.82 Å². The molecule has 23 heavy (non-hydrogen) atoms. The third-order valence-electron chi connectivity index (χ3n) is 2.42. The Balaban J connectivity index is 0.000000379. The largest absolute Gasteiger partial charge is 0.473 e. The number of carboxylic acids is 2. The summed E-state index contributed by atoms with van der Waals surface area (Å²) in [5, 5.41) is 14.8. The van der Waals surface area contributed by atoms with E-state index < -0.39 is 11.9 Å². The van der Waals surface area contributed by atoms with E-state index in [9.17, 15) is 4.39 Å². The molecule has 0 aliphatic carbocycles. The Labute approximate surface area is 144 Å². The van der Waals surface area contributed by atoms with Gasteiger partial charge in [0.15, 0.2) is 0 Å². The van der Waals surface area contributed by atoms with Gasteiger partial charge in [-0.3, -0.25) is 4.98 Å². The molecule has 0 unspecified atom stereocenters. The third kappa shape index (κ3) is 7.75. The molecule has 2 N–H and O–H groups in total. The quantitative estimate of drug-likeness (QED) is 0.602. The first-order valence-corrected chi connectivity index (χ1v) is 8.12. The molecular weight excluding hydrogens is 389 g/mol. The van der Waals surface area contributed by atoms with Crippen LogP contribution in [0.25, 0.3) is 0 Å². The van der Waals surface area contributed by atoms with Crippen molar-refractivity contribution in [3.05, 3.63) is 58.6 Å². The summed E-state index contributed by atoms with van der Waals surface area (Å²) in [5.41, 5.74) is 1.04. The Bertz CT molecular complexity index is 658. The van der Waals surface area contributed by atoms with E-state index in [0.29, 0.717) is 4.90 Å². The number of aromatic nitrogens is 1. The molecule has 0 bridgehead atoms. The lowest BCUT2D eigenvalue weighted by Crippen LogP contribution is -2.09. The SMILES string of the molecule is Fc1ccc(Br)cc1SCCc1ccccn1.O=C(O)C(=O)O. The molecule has 122 valence electrons. The number of halogens is 2. The van der Waals surface area contributed by atoms with Gasteiger partial charge in [0.05, 0.1) is 0 Å². The predicted molar refractivity (Wildman–Crippen MR) is 88.0 cm³/mol. The normalized spacial score (nSPS) is 9.65. The Kier molecular flexibility index (Phi) is 8.28. The van der Waals surface area contributed by atoms with Gasteiger partial charge in [-0.05, 0) is 36.8 Å². The molecule has 0 radical (unpaired) electrons. The molecule has 0 aliphatic heterocycles. The lowest BCUT2D eigenvalue weighted by molar-refractivity contribution is -0.159. The highest BCUT2D eigenvalue weighted by molar-refractivity contribution is 9.10. The molecule has 1 heterocycles. The van der Waals surface area contributed by atoms with E-state index >= 15 is 0 Å². The van der Waals surface area contributed by atoms with Gasteiger partial charge in [-0.1, -0.05) is 22.0 Å². The Morgan fingerprint density at radius 1 is 1.17 bits per heavy atom. The molecule has 0 amide bonds. The summed E-state index contributed by atoms with van der Waals surface area (Å²) in [6.45, 7) is 0. The summed E-state index contributed by atoms with van der Waals surface area (Å²) >= 11 is 4.85. The van der Waals surface area contributed by atoms with Gasteiger partial charge < -0.3 is 10.2 Å². The maximum Gasteiger partial charge on any atom is 0.414 e. The number of hydrogen-bond donors (Lipinski definition) is 2. The van der Waals surface area contributed by atoms with Crippen LogP contribution in [0, 0.1) is 5.82 Å². The van der Waals surface area contributed by atoms with Crippen molar-refractivity contribution in [2.24, 2.45) is 0 Å². The molecule has 1 aromatic carbocycles. The molecule has 5 nitrogen and oxygen atoms in total. The number of nitrogens with zero attached hydrogens (tertiary/aromatic N) is 1. The van der Waals surface area contributed by atoms with Crippen LogP contribution in [0.15, 0.2) is 52.0 Å². The van der Waals surface area contributed by atoms with E-state index in [1.54, 1.807) is 18.3 Å². The van der Waals surface area contributed by atoms with Crippen LogP contribution < -0.4 is 0 Å². The smallest absolute Gasteiger partial charge is 0.414 e. The molecular formula is C15H13BrFNO4S. The van der Waals surface area contributed by atoms with Crippen molar-refractivity contribution < 1.29 is 24.2 Å². The number of benzene rings is 1. The Morgan fingerprint density at radius 3 is 2.43 bits per heavy atom. The monoisotopic (exact) mass is 401 g/mol. The van der Waals surface area contributed by atoms with Crippen molar-refractivity contribution in [1.82, 2.24) is 4.98 Å². The lowest BCUT2D eigenvalue weighted by Gasteiger charge is -2.03. The second-order valence-electron chi connectivity index (χ2n) is 4.10. The van der Waals surface area contributed by atoms with Crippen molar-refractivity contribution >= 4 is 39.6 Å². The molecule has 0 saturated heterocycles. The molecule has 1 aromatic heterocycles. The van der Waals surface area contributed by atoms with Crippen molar-refractivity contribution in [3.63, 3.8) is 0 Å². The molecule has 8 heteroatoms. The Morgan fingerprint density at radius 2 is 1.87 bits per heavy atom. The number of carboxylic acid groups (broad SMARTS) is 2. The van der Waals surface area contributed by atoms with E-state index in [1.165, 1.54) is 17.8 Å². The van der Waals surface area contributed by atoms with Gasteiger partial charge in [0.25, 0.3) is 0 Å². The molecule has 0 fully saturated rings. The van der Waals surface area contributed by atoms with E-state index in [0.717, 1.165) is 22.3 Å². The fourth-order valence-electron chi connectivity index (χ4n) is 1.40. The summed E-state index contributed by atoms with van der Waals surface area (Å²) in [5.74, 6) is -2.99. The fraction of sp³-hybridized carbons (Fsp3) is 0.133. The van der Waals surface area contributed by atoms with E-state index in [4.69, 9.17) is 19.8 Å². The zero-order chi connectivity index (χ0) is 17.2. The van der Waals surface area contributed by atoms with Gasteiger partial charge in [-0.15, -0.1) is 11.8 Å². The Hall–Kier alpha value is -1.93. The van der Waals surface area contributed by atoms with Crippen LogP contribution in [0.1, 0.15) is 5.69 Å². The molecule has 0 saturated carbocycles. The standard InChI is InChI=1S/C13H11BrFNS.C2H2O4/c14-10-4-5-12(15)13(9-10)17-8-6-11-3-1-2-7-16-11;3-1(4)2(5)6/h1-5,7,9H,6,8H2;(H,3,4)(H,5,6). The summed E-state index contributed by atoms with van der Waals surface area (Å²) < 4.78 is 14.3. The summed E-state index contributed by atoms with van der Waals surface area (Å²) in [6.07, 6.45) is 2.62. The second kappa shape index (κ2) is 9.96. The van der Waals surface area contributed by atoms with Crippen LogP contribution in [0.5, 0.6) is 0 Å². The van der Waals surface area contributed by atoms with Gasteiger partial charge in [-0.25, -0.2) is 14.0 Å². The van der Waals surface area contributed by atoms with E-state index in [2.05, 4.69) is 20.9 Å². The molecule has 2 rings (SSSR count). The van der Waals surface area contributed by atoms with Crippen molar-refractivity contribution in [2.75, 3.05) is 5.75 Å². The first-order valence-electron chi connectivity index (χ1n) is 6.34. The second-order valence-corrected chi connectivity index (χ2v) is 6.16. The van der Waals surface area contributed by atoms with Gasteiger partial charge >= 0.3 is 11.9 Å². The lowest BCUT2D eigenvalue weighted by atomic mass is 10.3. The summed E-state index contributed by atoms with van der Waals surface area (Å²) in [6, 6.07) is 10.8. The summed E-state index contributed by atoms with van der Waals surface area (Å²) in [7, 11) is 0. The number of pyridine rings is 1. The maximum absolute atomic E-state index is 13.4. The van der Waals surface area contributed by atoms with Crippen LogP contribution in [0.3, 0.4) is 0 Å². The number of rotatable bonds is 4. The predicted octanol–water partition coefficient (Wildman–Crippen LogP) is 3.47. The van der Waals surface area contributed by atoms with Gasteiger partial charge in [0.2, 0.25) is 0 Å². The highest BCUT2D eigenvalue weighted by Crippen LogP contribution is 2.25. The van der Waals surface area contributed by atoms with Crippen molar-refractivity contribution in [1.29, 1.82) is 0 Å². The highest BCUT2D eigenvalue weighted by Gasteiger charge is 2.04. The number of aryl methyl sites for hydroxylation is 1. The minimum atomic E-state index is -1.82. The fourth-order valence-corrected chi connectivity index (χ4v) is 2.86. The minimum absolute atomic E-state index is 0.167. The van der Waals surface area contributed by atoms with Crippen LogP contribution in [-0.4, -0.2) is 32.9 Å². The van der Waals surface area contributed by atoms with Crippen LogP contribution >= 0.6 is 27.7 Å². The first-order chi connectivity index (χ1) is 10.9. The minimum Gasteiger partial charge on any atom is -0.473 e. The average Bonchev–Trinajstić information content (AvgIpc) is 2.52. The maximum atomic E-state index is 13.4. The van der Waals surface area contributed by atoms with Crippen molar-refractivity contribution in [2.45, 2.75) is 11.3 Å². The van der Waals surface area contributed by atoms with Crippen LogP contribution in [0.2, 0.25) is 0 Å². The van der Waals surface area contributed by atoms with Crippen LogP contribution in [-0.2, 0) is 16.0 Å². The molecule has 2 aromatic rings. The summed E-state index contributed by atoms with van der Waals surface area (Å²) in [4.78, 5) is 23.1. The van der Waals surface area contributed by atoms with E-state index in [1.807, 2.05) is 18.2 Å². The number of aliphatic carboxylic acids is 2. The average molecular weight is 402 g/mol. The van der Waals surface area contributed by atoms with Gasteiger partial charge in [0.1, 0.15) is 5.82 Å². The van der Waals surface area contributed by atoms with Crippen molar-refractivity contribution in [3.8, 4) is 0 Å². The molecule has 0 spiro atoms. The topological polar surface area (TPSA) is 87.5 Å². The van der Waals surface area contributed by atoms with Gasteiger partial charge in [-0.2, -0.15) is 0 Å². The zero-order valence-electron chi connectivity index (χ0n) is 11.8. The number of thioether (sulfide) groups is 1. The number of hydrogen-bond acceptors (Lipinski definition) is 4. The number of carbonyl (C=O) groups is 2. The molecule has 0 aliphatic rings. The highest BCUT2D eigenvalue weighted by atomic mass is 79.9.